The smallest absolute Gasteiger partial charge is 0.387 e. The van der Waals surface area contributed by atoms with E-state index in [9.17, 15) is 18.4 Å². The standard InChI is InChI=1S/C22H21F2N3O3S/c1-13-20(16-8-10-17(11-9-16)30-21(23)24)27-22(31-13)26-19(29)12-18(25-14(2)28)15-6-4-3-5-7-15/h3-11,18,21H,12H2,1-2H3,(H,25,28)(H,26,27,29). The van der Waals surface area contributed by atoms with Crippen molar-refractivity contribution in [3.63, 3.8) is 0 Å². The van der Waals surface area contributed by atoms with Crippen LogP contribution in [0, 0.1) is 6.92 Å². The highest BCUT2D eigenvalue weighted by Crippen LogP contribution is 2.32. The van der Waals surface area contributed by atoms with Crippen LogP contribution in [0.3, 0.4) is 0 Å². The third-order valence-corrected chi connectivity index (χ3v) is 5.25. The van der Waals surface area contributed by atoms with E-state index in [0.717, 1.165) is 16.0 Å². The summed E-state index contributed by atoms with van der Waals surface area (Å²) < 4.78 is 29.0. The van der Waals surface area contributed by atoms with E-state index in [4.69, 9.17) is 0 Å². The van der Waals surface area contributed by atoms with E-state index < -0.39 is 12.7 Å². The first-order valence-electron chi connectivity index (χ1n) is 9.46. The molecule has 3 aromatic rings. The number of amides is 2. The number of hydrogen-bond donors (Lipinski definition) is 2. The van der Waals surface area contributed by atoms with Gasteiger partial charge in [-0.05, 0) is 36.8 Å². The lowest BCUT2D eigenvalue weighted by molar-refractivity contribution is -0.120. The minimum Gasteiger partial charge on any atom is -0.435 e. The molecule has 3 rings (SSSR count). The molecule has 2 N–H and O–H groups in total. The Morgan fingerprint density at radius 2 is 1.77 bits per heavy atom. The first-order chi connectivity index (χ1) is 14.8. The molecule has 0 spiro atoms. The SMILES string of the molecule is CC(=O)NC(CC(=O)Nc1nc(-c2ccc(OC(F)F)cc2)c(C)s1)c1ccccc1. The molecule has 0 radical (unpaired) electrons. The minimum atomic E-state index is -2.88. The molecule has 2 amide bonds. The summed E-state index contributed by atoms with van der Waals surface area (Å²) in [5.74, 6) is -0.457. The molecular weight excluding hydrogens is 424 g/mol. The summed E-state index contributed by atoms with van der Waals surface area (Å²) in [7, 11) is 0. The first-order valence-corrected chi connectivity index (χ1v) is 10.3. The number of halogens is 2. The van der Waals surface area contributed by atoms with Crippen molar-refractivity contribution in [2.45, 2.75) is 32.9 Å². The van der Waals surface area contributed by atoms with Gasteiger partial charge in [-0.1, -0.05) is 30.3 Å². The highest BCUT2D eigenvalue weighted by molar-refractivity contribution is 7.16. The second kappa shape index (κ2) is 10.1. The van der Waals surface area contributed by atoms with Crippen molar-refractivity contribution in [3.05, 3.63) is 65.0 Å². The number of benzene rings is 2. The Kier molecular flexibility index (Phi) is 7.30. The molecule has 31 heavy (non-hydrogen) atoms. The summed E-state index contributed by atoms with van der Waals surface area (Å²) in [6.45, 7) is 0.379. The van der Waals surface area contributed by atoms with Crippen molar-refractivity contribution in [1.29, 1.82) is 0 Å². The second-order valence-corrected chi connectivity index (χ2v) is 7.95. The Morgan fingerprint density at radius 3 is 2.39 bits per heavy atom. The Bertz CT molecular complexity index is 1040. The third kappa shape index (κ3) is 6.32. The van der Waals surface area contributed by atoms with E-state index in [1.807, 2.05) is 37.3 Å². The molecule has 0 saturated heterocycles. The minimum absolute atomic E-state index is 0.0528. The van der Waals surface area contributed by atoms with Crippen molar-refractivity contribution in [2.24, 2.45) is 0 Å². The van der Waals surface area contributed by atoms with E-state index in [-0.39, 0.29) is 24.0 Å². The van der Waals surface area contributed by atoms with Gasteiger partial charge in [0.1, 0.15) is 5.75 Å². The first kappa shape index (κ1) is 22.4. The van der Waals surface area contributed by atoms with Gasteiger partial charge in [0.2, 0.25) is 11.8 Å². The van der Waals surface area contributed by atoms with Crippen LogP contribution in [0.2, 0.25) is 0 Å². The molecule has 0 bridgehead atoms. The summed E-state index contributed by atoms with van der Waals surface area (Å²) in [6, 6.07) is 14.9. The molecule has 9 heteroatoms. The largest absolute Gasteiger partial charge is 0.435 e. The summed E-state index contributed by atoms with van der Waals surface area (Å²) in [4.78, 5) is 29.5. The number of anilines is 1. The third-order valence-electron chi connectivity index (χ3n) is 4.36. The number of nitrogens with zero attached hydrogens (tertiary/aromatic N) is 1. The zero-order valence-electron chi connectivity index (χ0n) is 16.9. The number of carbonyl (C=O) groups excluding carboxylic acids is 2. The molecule has 0 aliphatic carbocycles. The van der Waals surface area contributed by atoms with Crippen LogP contribution in [0.4, 0.5) is 13.9 Å². The number of aromatic nitrogens is 1. The molecular formula is C22H21F2N3O3S. The maximum absolute atomic E-state index is 12.6. The normalized spacial score (nSPS) is 11.8. The molecule has 1 unspecified atom stereocenters. The predicted molar refractivity (Wildman–Crippen MR) is 115 cm³/mol. The molecule has 6 nitrogen and oxygen atoms in total. The molecule has 1 atom stereocenters. The highest BCUT2D eigenvalue weighted by atomic mass is 32.1. The van der Waals surface area contributed by atoms with E-state index in [1.165, 1.54) is 30.4 Å². The molecule has 0 aliphatic heterocycles. The average molecular weight is 445 g/mol. The lowest BCUT2D eigenvalue weighted by atomic mass is 10.0. The fraction of sp³-hybridized carbons (Fsp3) is 0.227. The highest BCUT2D eigenvalue weighted by Gasteiger charge is 2.19. The topological polar surface area (TPSA) is 80.3 Å². The van der Waals surface area contributed by atoms with Gasteiger partial charge in [0.05, 0.1) is 18.2 Å². The number of aryl methyl sites for hydroxylation is 1. The molecule has 162 valence electrons. The van der Waals surface area contributed by atoms with Crippen molar-refractivity contribution >= 4 is 28.3 Å². The number of rotatable bonds is 8. The fourth-order valence-corrected chi connectivity index (χ4v) is 3.90. The van der Waals surface area contributed by atoms with Crippen LogP contribution in [0.5, 0.6) is 5.75 Å². The van der Waals surface area contributed by atoms with Crippen LogP contribution in [0.1, 0.15) is 29.8 Å². The van der Waals surface area contributed by atoms with Crippen LogP contribution in [0.25, 0.3) is 11.3 Å². The number of alkyl halides is 2. The van der Waals surface area contributed by atoms with Gasteiger partial charge < -0.3 is 15.4 Å². The Balaban J connectivity index is 1.70. The summed E-state index contributed by atoms with van der Waals surface area (Å²) in [5.41, 5.74) is 2.19. The Labute approximate surface area is 182 Å². The number of thiazole rings is 1. The monoisotopic (exact) mass is 445 g/mol. The van der Waals surface area contributed by atoms with Crippen LogP contribution >= 0.6 is 11.3 Å². The van der Waals surface area contributed by atoms with Crippen LogP contribution in [-0.4, -0.2) is 23.4 Å². The van der Waals surface area contributed by atoms with E-state index in [0.29, 0.717) is 10.8 Å². The Morgan fingerprint density at radius 1 is 1.10 bits per heavy atom. The zero-order chi connectivity index (χ0) is 22.4. The van der Waals surface area contributed by atoms with Crippen LogP contribution < -0.4 is 15.4 Å². The molecule has 1 aromatic heterocycles. The maximum Gasteiger partial charge on any atom is 0.387 e. The lowest BCUT2D eigenvalue weighted by Crippen LogP contribution is -2.29. The van der Waals surface area contributed by atoms with Crippen molar-refractivity contribution in [3.8, 4) is 17.0 Å². The fourth-order valence-electron chi connectivity index (χ4n) is 3.05. The predicted octanol–water partition coefficient (Wildman–Crippen LogP) is 4.93. The van der Waals surface area contributed by atoms with Crippen molar-refractivity contribution < 1.29 is 23.1 Å². The Hall–Kier alpha value is -3.33. The van der Waals surface area contributed by atoms with E-state index in [2.05, 4.69) is 20.4 Å². The van der Waals surface area contributed by atoms with Crippen LogP contribution in [0.15, 0.2) is 54.6 Å². The van der Waals surface area contributed by atoms with Gasteiger partial charge >= 0.3 is 6.61 Å². The number of carbonyl (C=O) groups is 2. The average Bonchev–Trinajstić information content (AvgIpc) is 3.07. The van der Waals surface area contributed by atoms with Gasteiger partial charge in [0, 0.05) is 17.4 Å². The summed E-state index contributed by atoms with van der Waals surface area (Å²) in [5, 5.41) is 5.99. The zero-order valence-corrected chi connectivity index (χ0v) is 17.7. The number of nitrogens with one attached hydrogen (secondary N) is 2. The summed E-state index contributed by atoms with van der Waals surface area (Å²) in [6.07, 6.45) is 0.0528. The quantitative estimate of drug-likeness (QED) is 0.515. The number of ether oxygens (including phenoxy) is 1. The van der Waals surface area contributed by atoms with Gasteiger partial charge in [-0.25, -0.2) is 4.98 Å². The van der Waals surface area contributed by atoms with Gasteiger partial charge in [-0.3, -0.25) is 9.59 Å². The molecule has 0 fully saturated rings. The summed E-state index contributed by atoms with van der Waals surface area (Å²) >= 11 is 1.31. The van der Waals surface area contributed by atoms with Gasteiger partial charge in [0.15, 0.2) is 5.13 Å². The van der Waals surface area contributed by atoms with Crippen LogP contribution in [-0.2, 0) is 9.59 Å². The van der Waals surface area contributed by atoms with Crippen molar-refractivity contribution in [1.82, 2.24) is 10.3 Å². The van der Waals surface area contributed by atoms with Gasteiger partial charge in [0.25, 0.3) is 0 Å². The number of hydrogen-bond acceptors (Lipinski definition) is 5. The lowest BCUT2D eigenvalue weighted by Gasteiger charge is -2.17. The molecule has 1 heterocycles. The van der Waals surface area contributed by atoms with Gasteiger partial charge in [-0.2, -0.15) is 8.78 Å². The van der Waals surface area contributed by atoms with E-state index in [1.54, 1.807) is 12.1 Å². The molecule has 0 aliphatic rings. The molecule has 0 saturated carbocycles. The maximum atomic E-state index is 12.6. The van der Waals surface area contributed by atoms with E-state index >= 15 is 0 Å². The second-order valence-electron chi connectivity index (χ2n) is 6.74. The van der Waals surface area contributed by atoms with Crippen molar-refractivity contribution in [2.75, 3.05) is 5.32 Å². The van der Waals surface area contributed by atoms with Gasteiger partial charge in [-0.15, -0.1) is 11.3 Å². The molecule has 2 aromatic carbocycles.